The summed E-state index contributed by atoms with van der Waals surface area (Å²) in [6.07, 6.45) is 1.84. The van der Waals surface area contributed by atoms with Gasteiger partial charge in [-0.3, -0.25) is 4.79 Å². The van der Waals surface area contributed by atoms with E-state index in [-0.39, 0.29) is 5.91 Å². The predicted molar refractivity (Wildman–Crippen MR) is 87.9 cm³/mol. The maximum atomic E-state index is 11.8. The van der Waals surface area contributed by atoms with Gasteiger partial charge in [-0.05, 0) is 30.0 Å². The fourth-order valence-corrected chi connectivity index (χ4v) is 2.48. The molecule has 0 atom stereocenters. The Morgan fingerprint density at radius 1 is 0.952 bits per heavy atom. The molecule has 0 unspecified atom stereocenters. The molecule has 4 heteroatoms. The highest BCUT2D eigenvalue weighted by atomic mass is 35.5. The van der Waals surface area contributed by atoms with Crippen LogP contribution in [0.3, 0.4) is 0 Å². The number of benzene rings is 2. The van der Waals surface area contributed by atoms with Gasteiger partial charge in [-0.25, -0.2) is 0 Å². The number of hydrogen-bond acceptors (Lipinski definition) is 1. The smallest absolute Gasteiger partial charge is 0.220 e. The number of amides is 1. The Labute approximate surface area is 135 Å². The molecule has 110 valence electrons. The molecule has 2 rings (SSSR count). The molecule has 1 amide bonds. The molecular weight excluding hydrogens is 305 g/mol. The monoisotopic (exact) mass is 321 g/mol. The molecule has 2 aromatic carbocycles. The summed E-state index contributed by atoms with van der Waals surface area (Å²) in [5, 5.41) is 3.99. The van der Waals surface area contributed by atoms with Crippen LogP contribution in [-0.4, -0.2) is 12.5 Å². The topological polar surface area (TPSA) is 29.1 Å². The van der Waals surface area contributed by atoms with E-state index in [1.54, 1.807) is 6.07 Å². The quantitative estimate of drug-likeness (QED) is 0.845. The molecule has 0 aromatic heterocycles. The zero-order valence-corrected chi connectivity index (χ0v) is 13.1. The first-order valence-electron chi connectivity index (χ1n) is 6.90. The second kappa shape index (κ2) is 8.06. The largest absolute Gasteiger partial charge is 0.356 e. The van der Waals surface area contributed by atoms with E-state index >= 15 is 0 Å². The minimum atomic E-state index is 0.0296. The van der Waals surface area contributed by atoms with E-state index in [4.69, 9.17) is 23.2 Å². The summed E-state index contributed by atoms with van der Waals surface area (Å²) in [5.41, 5.74) is 2.12. The highest BCUT2D eigenvalue weighted by molar-refractivity contribution is 6.42. The zero-order valence-electron chi connectivity index (χ0n) is 11.6. The van der Waals surface area contributed by atoms with Crippen molar-refractivity contribution < 1.29 is 4.79 Å². The number of rotatable bonds is 6. The Hall–Kier alpha value is -1.51. The van der Waals surface area contributed by atoms with Crippen molar-refractivity contribution in [3.8, 4) is 0 Å². The summed E-state index contributed by atoms with van der Waals surface area (Å²) in [4.78, 5) is 11.8. The molecule has 0 aliphatic carbocycles. The van der Waals surface area contributed by atoms with E-state index in [1.165, 1.54) is 5.56 Å². The summed E-state index contributed by atoms with van der Waals surface area (Å²) < 4.78 is 0. The summed E-state index contributed by atoms with van der Waals surface area (Å²) in [6.45, 7) is 0.645. The minimum Gasteiger partial charge on any atom is -0.356 e. The van der Waals surface area contributed by atoms with Gasteiger partial charge in [-0.2, -0.15) is 0 Å². The lowest BCUT2D eigenvalue weighted by Crippen LogP contribution is -2.25. The number of carbonyl (C=O) groups excluding carboxylic acids is 1. The van der Waals surface area contributed by atoms with E-state index in [1.807, 2.05) is 30.3 Å². The molecule has 0 spiro atoms. The molecule has 1 N–H and O–H groups in total. The van der Waals surface area contributed by atoms with Crippen LogP contribution in [0.25, 0.3) is 0 Å². The van der Waals surface area contributed by atoms with Gasteiger partial charge in [0, 0.05) is 13.0 Å². The van der Waals surface area contributed by atoms with Crippen LogP contribution >= 0.6 is 23.2 Å². The Morgan fingerprint density at radius 3 is 2.48 bits per heavy atom. The average molecular weight is 322 g/mol. The highest BCUT2D eigenvalue weighted by Crippen LogP contribution is 2.26. The van der Waals surface area contributed by atoms with Crippen LogP contribution in [0.2, 0.25) is 10.0 Å². The lowest BCUT2D eigenvalue weighted by atomic mass is 10.1. The van der Waals surface area contributed by atoms with E-state index in [0.29, 0.717) is 29.4 Å². The molecule has 0 bridgehead atoms. The molecule has 0 heterocycles. The lowest BCUT2D eigenvalue weighted by molar-refractivity contribution is -0.121. The van der Waals surface area contributed by atoms with Gasteiger partial charge in [-0.15, -0.1) is 0 Å². The molecule has 0 aliphatic heterocycles. The molecule has 2 aromatic rings. The number of hydrogen-bond donors (Lipinski definition) is 1. The van der Waals surface area contributed by atoms with Crippen molar-refractivity contribution in [2.75, 3.05) is 6.54 Å². The zero-order chi connectivity index (χ0) is 15.1. The summed E-state index contributed by atoms with van der Waals surface area (Å²) >= 11 is 12.0. The Kier molecular flexibility index (Phi) is 6.09. The van der Waals surface area contributed by atoms with Crippen molar-refractivity contribution in [3.63, 3.8) is 0 Å². The fraction of sp³-hybridized carbons (Fsp3) is 0.235. The van der Waals surface area contributed by atoms with Gasteiger partial charge >= 0.3 is 0 Å². The number of nitrogens with one attached hydrogen (secondary N) is 1. The standard InChI is InChI=1S/C17H17Cl2NO/c18-15-8-4-7-14(17(15)19)9-10-16(21)20-12-11-13-5-2-1-3-6-13/h1-8H,9-12H2,(H,20,21). The third-order valence-electron chi connectivity index (χ3n) is 3.23. The first-order chi connectivity index (χ1) is 10.2. The summed E-state index contributed by atoms with van der Waals surface area (Å²) in [5.74, 6) is 0.0296. The highest BCUT2D eigenvalue weighted by Gasteiger charge is 2.07. The molecular formula is C17H17Cl2NO. The van der Waals surface area contributed by atoms with E-state index < -0.39 is 0 Å². The lowest BCUT2D eigenvalue weighted by Gasteiger charge is -2.07. The molecule has 0 saturated heterocycles. The Bertz CT molecular complexity index is 599. The second-order valence-electron chi connectivity index (χ2n) is 4.80. The number of halogens is 2. The van der Waals surface area contributed by atoms with Gasteiger partial charge in [0.15, 0.2) is 0 Å². The van der Waals surface area contributed by atoms with Crippen LogP contribution < -0.4 is 5.32 Å². The van der Waals surface area contributed by atoms with Gasteiger partial charge < -0.3 is 5.32 Å². The maximum Gasteiger partial charge on any atom is 0.220 e. The Morgan fingerprint density at radius 2 is 1.71 bits per heavy atom. The van der Waals surface area contributed by atoms with Crippen LogP contribution in [0.5, 0.6) is 0 Å². The van der Waals surface area contributed by atoms with Crippen molar-refractivity contribution in [3.05, 3.63) is 69.7 Å². The molecule has 0 radical (unpaired) electrons. The van der Waals surface area contributed by atoms with Crippen molar-refractivity contribution >= 4 is 29.1 Å². The van der Waals surface area contributed by atoms with Crippen LogP contribution in [0, 0.1) is 0 Å². The third-order valence-corrected chi connectivity index (χ3v) is 4.09. The summed E-state index contributed by atoms with van der Waals surface area (Å²) in [6, 6.07) is 15.6. The first-order valence-corrected chi connectivity index (χ1v) is 7.66. The van der Waals surface area contributed by atoms with Crippen molar-refractivity contribution in [1.29, 1.82) is 0 Å². The van der Waals surface area contributed by atoms with Crippen LogP contribution in [0.15, 0.2) is 48.5 Å². The molecule has 0 aliphatic rings. The van der Waals surface area contributed by atoms with Crippen molar-refractivity contribution in [2.45, 2.75) is 19.3 Å². The van der Waals surface area contributed by atoms with Gasteiger partial charge in [0.1, 0.15) is 0 Å². The van der Waals surface area contributed by atoms with E-state index in [0.717, 1.165) is 12.0 Å². The molecule has 21 heavy (non-hydrogen) atoms. The van der Waals surface area contributed by atoms with Crippen molar-refractivity contribution in [2.24, 2.45) is 0 Å². The van der Waals surface area contributed by atoms with Crippen LogP contribution in [0.1, 0.15) is 17.5 Å². The van der Waals surface area contributed by atoms with Crippen molar-refractivity contribution in [1.82, 2.24) is 5.32 Å². The minimum absolute atomic E-state index is 0.0296. The number of aryl methyl sites for hydroxylation is 1. The molecule has 0 fully saturated rings. The maximum absolute atomic E-state index is 11.8. The molecule has 0 saturated carbocycles. The van der Waals surface area contributed by atoms with Crippen LogP contribution in [-0.2, 0) is 17.6 Å². The van der Waals surface area contributed by atoms with E-state index in [2.05, 4.69) is 17.4 Å². The van der Waals surface area contributed by atoms with E-state index in [9.17, 15) is 4.79 Å². The van der Waals surface area contributed by atoms with Gasteiger partial charge in [0.25, 0.3) is 0 Å². The van der Waals surface area contributed by atoms with Crippen LogP contribution in [0.4, 0.5) is 0 Å². The normalized spacial score (nSPS) is 10.4. The first kappa shape index (κ1) is 15.9. The second-order valence-corrected chi connectivity index (χ2v) is 5.58. The molecule has 2 nitrogen and oxygen atoms in total. The fourth-order valence-electron chi connectivity index (χ4n) is 2.07. The average Bonchev–Trinajstić information content (AvgIpc) is 2.50. The SMILES string of the molecule is O=C(CCc1cccc(Cl)c1Cl)NCCc1ccccc1. The predicted octanol–water partition coefficient (Wildman–Crippen LogP) is 4.28. The number of carbonyl (C=O) groups is 1. The van der Waals surface area contributed by atoms with Gasteiger partial charge in [0.05, 0.1) is 10.0 Å². The third kappa shape index (κ3) is 5.07. The Balaban J connectivity index is 1.74. The van der Waals surface area contributed by atoms with Gasteiger partial charge in [0.2, 0.25) is 5.91 Å². The summed E-state index contributed by atoms with van der Waals surface area (Å²) in [7, 11) is 0. The van der Waals surface area contributed by atoms with Gasteiger partial charge in [-0.1, -0.05) is 65.7 Å².